The number of nitrogens with zero attached hydrogens (tertiary/aromatic N) is 1. The minimum atomic E-state index is -0.450. The maximum atomic E-state index is 12.3. The Morgan fingerprint density at radius 2 is 2.00 bits per heavy atom. The Labute approximate surface area is 133 Å². The lowest BCUT2D eigenvalue weighted by Crippen LogP contribution is -2.49. The largest absolute Gasteiger partial charge is 0.489 e. The van der Waals surface area contributed by atoms with Crippen LogP contribution in [0.15, 0.2) is 24.3 Å². The molecule has 1 aromatic rings. The number of piperidine rings is 1. The van der Waals surface area contributed by atoms with Crippen LogP contribution in [0.1, 0.15) is 12.8 Å². The molecule has 0 bridgehead atoms. The average Bonchev–Trinajstić information content (AvgIpc) is 2.96. The summed E-state index contributed by atoms with van der Waals surface area (Å²) < 4.78 is 5.90. The van der Waals surface area contributed by atoms with Crippen molar-refractivity contribution in [2.24, 2.45) is 0 Å². The first-order chi connectivity index (χ1) is 10.6. The molecule has 6 nitrogen and oxygen atoms in total. The Balaban J connectivity index is 1.51. The maximum Gasteiger partial charge on any atom is 0.315 e. The number of hydrogen-bond donors (Lipinski definition) is 2. The number of ether oxygens (including phenoxy) is 1. The zero-order valence-corrected chi connectivity index (χ0v) is 12.8. The first-order valence-corrected chi connectivity index (χ1v) is 7.75. The molecule has 0 aliphatic carbocycles. The number of halogens is 1. The van der Waals surface area contributed by atoms with Gasteiger partial charge in [-0.25, -0.2) is 4.79 Å². The molecule has 0 radical (unpaired) electrons. The molecule has 2 fully saturated rings. The smallest absolute Gasteiger partial charge is 0.315 e. The lowest BCUT2D eigenvalue weighted by atomic mass is 10.1. The van der Waals surface area contributed by atoms with E-state index in [0.29, 0.717) is 30.4 Å². The van der Waals surface area contributed by atoms with Gasteiger partial charge in [-0.15, -0.1) is 0 Å². The van der Waals surface area contributed by atoms with Gasteiger partial charge in [0, 0.05) is 32.5 Å². The molecule has 0 aromatic heterocycles. The molecule has 3 rings (SSSR count). The van der Waals surface area contributed by atoms with Crippen LogP contribution in [0, 0.1) is 0 Å². The Kier molecular flexibility index (Phi) is 4.38. The number of rotatable bonds is 3. The zero-order chi connectivity index (χ0) is 15.5. The number of nitrogens with one attached hydrogen (secondary N) is 2. The highest BCUT2D eigenvalue weighted by Crippen LogP contribution is 2.26. The number of urea groups is 1. The van der Waals surface area contributed by atoms with Gasteiger partial charge in [-0.05, 0) is 12.1 Å². The van der Waals surface area contributed by atoms with E-state index in [1.54, 1.807) is 11.0 Å². The van der Waals surface area contributed by atoms with Crippen molar-refractivity contribution in [3.63, 3.8) is 0 Å². The van der Waals surface area contributed by atoms with E-state index in [-0.39, 0.29) is 18.0 Å². The molecule has 118 valence electrons. The number of hydrogen-bond acceptors (Lipinski definition) is 3. The van der Waals surface area contributed by atoms with E-state index < -0.39 is 6.04 Å². The monoisotopic (exact) mass is 323 g/mol. The minimum Gasteiger partial charge on any atom is -0.489 e. The summed E-state index contributed by atoms with van der Waals surface area (Å²) in [5.74, 6) is 0.649. The van der Waals surface area contributed by atoms with Gasteiger partial charge in [0.05, 0.1) is 5.02 Å². The number of para-hydroxylation sites is 1. The summed E-state index contributed by atoms with van der Waals surface area (Å²) in [4.78, 5) is 25.2. The van der Waals surface area contributed by atoms with Crippen molar-refractivity contribution < 1.29 is 14.3 Å². The van der Waals surface area contributed by atoms with Crippen molar-refractivity contribution in [3.8, 4) is 5.75 Å². The van der Waals surface area contributed by atoms with Crippen LogP contribution in [0.4, 0.5) is 4.79 Å². The van der Waals surface area contributed by atoms with Crippen molar-refractivity contribution in [2.45, 2.75) is 25.0 Å². The maximum absolute atomic E-state index is 12.3. The van der Waals surface area contributed by atoms with Gasteiger partial charge >= 0.3 is 6.03 Å². The Morgan fingerprint density at radius 3 is 2.64 bits per heavy atom. The summed E-state index contributed by atoms with van der Waals surface area (Å²) >= 11 is 6.09. The molecule has 0 saturated carbocycles. The van der Waals surface area contributed by atoms with Gasteiger partial charge in [0.2, 0.25) is 5.91 Å². The number of benzene rings is 1. The van der Waals surface area contributed by atoms with Gasteiger partial charge in [-0.3, -0.25) is 4.79 Å². The second-order valence-corrected chi connectivity index (χ2v) is 5.89. The topological polar surface area (TPSA) is 70.7 Å². The molecule has 2 N–H and O–H groups in total. The van der Waals surface area contributed by atoms with Gasteiger partial charge < -0.3 is 20.3 Å². The summed E-state index contributed by atoms with van der Waals surface area (Å²) in [6.45, 7) is 1.61. The fourth-order valence-corrected chi connectivity index (χ4v) is 2.92. The van der Waals surface area contributed by atoms with E-state index in [4.69, 9.17) is 16.3 Å². The van der Waals surface area contributed by atoms with Crippen LogP contribution in [-0.2, 0) is 4.79 Å². The Hall–Kier alpha value is -1.95. The summed E-state index contributed by atoms with van der Waals surface area (Å²) in [6.07, 6.45) is 1.57. The molecule has 2 saturated heterocycles. The lowest BCUT2D eigenvalue weighted by molar-refractivity contribution is -0.134. The molecule has 3 amide bonds. The summed E-state index contributed by atoms with van der Waals surface area (Å²) in [6, 6.07) is 6.66. The van der Waals surface area contributed by atoms with Gasteiger partial charge in [0.1, 0.15) is 17.9 Å². The van der Waals surface area contributed by atoms with Crippen molar-refractivity contribution in [3.05, 3.63) is 29.3 Å². The normalized spacial score (nSPS) is 22.1. The molecule has 1 atom stereocenters. The third-order valence-corrected chi connectivity index (χ3v) is 4.27. The first kappa shape index (κ1) is 15.0. The van der Waals surface area contributed by atoms with E-state index in [1.807, 2.05) is 18.2 Å². The van der Waals surface area contributed by atoms with Crippen molar-refractivity contribution in [2.75, 3.05) is 19.6 Å². The van der Waals surface area contributed by atoms with E-state index in [1.165, 1.54) is 0 Å². The quantitative estimate of drug-likeness (QED) is 0.883. The average molecular weight is 324 g/mol. The van der Waals surface area contributed by atoms with Crippen LogP contribution in [0.5, 0.6) is 5.75 Å². The first-order valence-electron chi connectivity index (χ1n) is 7.38. The second kappa shape index (κ2) is 6.44. The highest BCUT2D eigenvalue weighted by molar-refractivity contribution is 6.32. The lowest BCUT2D eigenvalue weighted by Gasteiger charge is -2.33. The summed E-state index contributed by atoms with van der Waals surface area (Å²) in [5.41, 5.74) is 0. The fraction of sp³-hybridized carbons (Fsp3) is 0.467. The molecule has 2 aliphatic rings. The predicted molar refractivity (Wildman–Crippen MR) is 82.0 cm³/mol. The molecule has 7 heteroatoms. The van der Waals surface area contributed by atoms with Crippen molar-refractivity contribution >= 4 is 23.5 Å². The standard InChI is InChI=1S/C15H18ClN3O3/c16-11-3-1-2-4-13(11)22-10-5-7-19(8-6-10)14(20)12-9-17-15(21)18-12/h1-4,10,12H,5-9H2,(H2,17,18,21). The molecular formula is C15H18ClN3O3. The van der Waals surface area contributed by atoms with Crippen LogP contribution in [0.2, 0.25) is 5.02 Å². The number of carbonyl (C=O) groups excluding carboxylic acids is 2. The second-order valence-electron chi connectivity index (χ2n) is 5.48. The summed E-state index contributed by atoms with van der Waals surface area (Å²) in [7, 11) is 0. The number of amides is 3. The van der Waals surface area contributed by atoms with E-state index >= 15 is 0 Å². The summed E-state index contributed by atoms with van der Waals surface area (Å²) in [5, 5.41) is 5.82. The predicted octanol–water partition coefficient (Wildman–Crippen LogP) is 1.39. The Bertz CT molecular complexity index is 573. The zero-order valence-electron chi connectivity index (χ0n) is 12.0. The van der Waals surface area contributed by atoms with Crippen molar-refractivity contribution in [1.82, 2.24) is 15.5 Å². The van der Waals surface area contributed by atoms with Gasteiger partial charge in [-0.2, -0.15) is 0 Å². The number of likely N-dealkylation sites (tertiary alicyclic amines) is 1. The molecule has 2 heterocycles. The third-order valence-electron chi connectivity index (χ3n) is 3.95. The Morgan fingerprint density at radius 1 is 1.27 bits per heavy atom. The molecule has 22 heavy (non-hydrogen) atoms. The molecular weight excluding hydrogens is 306 g/mol. The van der Waals surface area contributed by atoms with Crippen LogP contribution in [-0.4, -0.2) is 48.6 Å². The van der Waals surface area contributed by atoms with E-state index in [0.717, 1.165) is 12.8 Å². The van der Waals surface area contributed by atoms with Crippen LogP contribution in [0.3, 0.4) is 0 Å². The minimum absolute atomic E-state index is 0.0328. The molecule has 2 aliphatic heterocycles. The van der Waals surface area contributed by atoms with Gasteiger partial charge in [0.15, 0.2) is 0 Å². The highest BCUT2D eigenvalue weighted by atomic mass is 35.5. The van der Waals surface area contributed by atoms with Crippen LogP contribution >= 0.6 is 11.6 Å². The van der Waals surface area contributed by atoms with Gasteiger partial charge in [-0.1, -0.05) is 23.7 Å². The highest BCUT2D eigenvalue weighted by Gasteiger charge is 2.32. The van der Waals surface area contributed by atoms with E-state index in [9.17, 15) is 9.59 Å². The molecule has 0 spiro atoms. The molecule has 1 unspecified atom stereocenters. The fourth-order valence-electron chi connectivity index (χ4n) is 2.74. The number of carbonyl (C=O) groups is 2. The van der Waals surface area contributed by atoms with Crippen LogP contribution in [0.25, 0.3) is 0 Å². The van der Waals surface area contributed by atoms with Gasteiger partial charge in [0.25, 0.3) is 0 Å². The van der Waals surface area contributed by atoms with E-state index in [2.05, 4.69) is 10.6 Å². The third kappa shape index (κ3) is 3.27. The molecule has 1 aromatic carbocycles. The van der Waals surface area contributed by atoms with Crippen molar-refractivity contribution in [1.29, 1.82) is 0 Å². The van der Waals surface area contributed by atoms with Crippen LogP contribution < -0.4 is 15.4 Å². The SMILES string of the molecule is O=C1NCC(C(=O)N2CCC(Oc3ccccc3Cl)CC2)N1.